The van der Waals surface area contributed by atoms with Gasteiger partial charge in [0.25, 0.3) is 0 Å². The maximum absolute atomic E-state index is 10.8. The molecule has 0 fully saturated rings. The number of aromatic nitrogens is 1. The molecule has 3 nitrogen and oxygen atoms in total. The third kappa shape index (κ3) is 1.25. The number of nitriles is 1. The third-order valence-corrected chi connectivity index (χ3v) is 1.61. The summed E-state index contributed by atoms with van der Waals surface area (Å²) in [5.74, 6) is 0. The van der Waals surface area contributed by atoms with Crippen LogP contribution in [-0.4, -0.2) is 4.98 Å². The molecule has 0 aliphatic carbocycles. The Morgan fingerprint density at radius 1 is 1.70 bits per heavy atom. The first-order valence-electron chi connectivity index (χ1n) is 2.52. The van der Waals surface area contributed by atoms with Crippen molar-refractivity contribution in [3.05, 3.63) is 32.7 Å². The number of pyridine rings is 1. The van der Waals surface area contributed by atoms with Crippen LogP contribution in [0.1, 0.15) is 5.69 Å². The number of H-pyrrole nitrogens is 1. The van der Waals surface area contributed by atoms with Crippen LogP contribution in [-0.2, 0) is 0 Å². The van der Waals surface area contributed by atoms with Crippen LogP contribution in [0.2, 0.25) is 0 Å². The van der Waals surface area contributed by atoms with Gasteiger partial charge in [-0.3, -0.25) is 4.79 Å². The maximum atomic E-state index is 10.8. The molecule has 0 bridgehead atoms. The molecule has 0 atom stereocenters. The second-order valence-corrected chi connectivity index (χ2v) is 2.53. The first-order valence-corrected chi connectivity index (χ1v) is 3.31. The first-order chi connectivity index (χ1) is 4.74. The minimum absolute atomic E-state index is 0.185. The lowest BCUT2D eigenvalue weighted by Crippen LogP contribution is -2.01. The van der Waals surface area contributed by atoms with Crippen molar-refractivity contribution in [2.45, 2.75) is 0 Å². The van der Waals surface area contributed by atoms with Crippen LogP contribution in [0.4, 0.5) is 0 Å². The second-order valence-electron chi connectivity index (χ2n) is 1.67. The Hall–Kier alpha value is -1.08. The van der Waals surface area contributed by atoms with Gasteiger partial charge in [0.1, 0.15) is 11.8 Å². The van der Waals surface area contributed by atoms with Crippen molar-refractivity contribution in [1.29, 1.82) is 5.26 Å². The van der Waals surface area contributed by atoms with Crippen LogP contribution < -0.4 is 5.43 Å². The highest BCUT2D eigenvalue weighted by atomic mass is 79.9. The normalized spacial score (nSPS) is 8.80. The Morgan fingerprint density at radius 3 is 2.90 bits per heavy atom. The summed E-state index contributed by atoms with van der Waals surface area (Å²) < 4.78 is 0.437. The highest BCUT2D eigenvalue weighted by Crippen LogP contribution is 1.99. The van der Waals surface area contributed by atoms with Crippen LogP contribution >= 0.6 is 15.9 Å². The summed E-state index contributed by atoms with van der Waals surface area (Å²) in [5.41, 5.74) is 0.0866. The molecule has 0 radical (unpaired) electrons. The summed E-state index contributed by atoms with van der Waals surface area (Å²) in [6.07, 6.45) is 1.45. The molecular weight excluding hydrogens is 196 g/mol. The van der Waals surface area contributed by atoms with Crippen molar-refractivity contribution >= 4 is 15.9 Å². The second kappa shape index (κ2) is 2.67. The van der Waals surface area contributed by atoms with Crippen molar-refractivity contribution in [1.82, 2.24) is 4.98 Å². The summed E-state index contributed by atoms with van der Waals surface area (Å²) in [6.45, 7) is 0. The molecule has 0 aromatic carbocycles. The van der Waals surface area contributed by atoms with E-state index in [0.717, 1.165) is 0 Å². The van der Waals surface area contributed by atoms with E-state index in [1.807, 2.05) is 6.07 Å². The van der Waals surface area contributed by atoms with Gasteiger partial charge in [0.15, 0.2) is 5.43 Å². The average molecular weight is 199 g/mol. The molecule has 0 aliphatic heterocycles. The molecule has 0 unspecified atom stereocenters. The zero-order valence-electron chi connectivity index (χ0n) is 4.89. The van der Waals surface area contributed by atoms with Crippen molar-refractivity contribution in [2.75, 3.05) is 0 Å². The van der Waals surface area contributed by atoms with Crippen molar-refractivity contribution in [3.63, 3.8) is 0 Å². The monoisotopic (exact) mass is 198 g/mol. The molecule has 4 heteroatoms. The lowest BCUT2D eigenvalue weighted by atomic mass is 10.4. The number of hydrogen-bond acceptors (Lipinski definition) is 2. The predicted molar refractivity (Wildman–Crippen MR) is 39.5 cm³/mol. The van der Waals surface area contributed by atoms with E-state index < -0.39 is 0 Å². The SMILES string of the molecule is N#Cc1cc(=O)c(Br)c[nH]1. The standard InChI is InChI=1S/C6H3BrN2O/c7-5-3-9-4(2-8)1-6(5)10/h1,3H,(H,9,10). The van der Waals surface area contributed by atoms with Gasteiger partial charge in [0, 0.05) is 12.3 Å². The Kier molecular flexibility index (Phi) is 1.88. The van der Waals surface area contributed by atoms with E-state index in [9.17, 15) is 4.79 Å². The number of aromatic amines is 1. The molecule has 0 saturated carbocycles. The highest BCUT2D eigenvalue weighted by molar-refractivity contribution is 9.10. The largest absolute Gasteiger partial charge is 0.352 e. The van der Waals surface area contributed by atoms with Crippen LogP contribution in [0.25, 0.3) is 0 Å². The molecule has 1 N–H and O–H groups in total. The third-order valence-electron chi connectivity index (χ3n) is 0.986. The summed E-state index contributed by atoms with van der Waals surface area (Å²) in [4.78, 5) is 13.4. The van der Waals surface area contributed by atoms with E-state index in [0.29, 0.717) is 4.47 Å². The molecule has 0 aliphatic rings. The van der Waals surface area contributed by atoms with E-state index in [1.165, 1.54) is 12.3 Å². The Bertz CT molecular complexity index is 336. The van der Waals surface area contributed by atoms with E-state index in [1.54, 1.807) is 0 Å². The molecule has 0 saturated heterocycles. The zero-order chi connectivity index (χ0) is 7.56. The summed E-state index contributed by atoms with van der Waals surface area (Å²) in [7, 11) is 0. The number of rotatable bonds is 0. The quantitative estimate of drug-likeness (QED) is 0.677. The zero-order valence-corrected chi connectivity index (χ0v) is 6.47. The minimum atomic E-state index is -0.185. The molecule has 1 aromatic heterocycles. The van der Waals surface area contributed by atoms with Gasteiger partial charge in [-0.25, -0.2) is 0 Å². The summed E-state index contributed by atoms with van der Waals surface area (Å²) >= 11 is 3.01. The molecule has 50 valence electrons. The van der Waals surface area contributed by atoms with Crippen molar-refractivity contribution in [2.24, 2.45) is 0 Å². The van der Waals surface area contributed by atoms with Gasteiger partial charge in [0.2, 0.25) is 0 Å². The number of halogens is 1. The van der Waals surface area contributed by atoms with Crippen LogP contribution in [0.15, 0.2) is 21.5 Å². The fourth-order valence-electron chi connectivity index (χ4n) is 0.518. The molecule has 0 spiro atoms. The Labute approximate surface area is 65.4 Å². The molecule has 1 aromatic rings. The molecular formula is C6H3BrN2O. The Balaban J connectivity index is 3.34. The van der Waals surface area contributed by atoms with Gasteiger partial charge >= 0.3 is 0 Å². The van der Waals surface area contributed by atoms with Crippen molar-refractivity contribution < 1.29 is 0 Å². The van der Waals surface area contributed by atoms with Crippen LogP contribution in [0.3, 0.4) is 0 Å². The molecule has 10 heavy (non-hydrogen) atoms. The fraction of sp³-hybridized carbons (Fsp3) is 0. The van der Waals surface area contributed by atoms with Gasteiger partial charge in [-0.1, -0.05) is 0 Å². The van der Waals surface area contributed by atoms with Gasteiger partial charge in [-0.2, -0.15) is 5.26 Å². The molecule has 1 heterocycles. The summed E-state index contributed by atoms with van der Waals surface area (Å²) in [5, 5.41) is 8.32. The van der Waals surface area contributed by atoms with Gasteiger partial charge in [0.05, 0.1) is 4.47 Å². The van der Waals surface area contributed by atoms with Crippen LogP contribution in [0, 0.1) is 11.3 Å². The predicted octanol–water partition coefficient (Wildman–Crippen LogP) is 1.01. The molecule has 1 rings (SSSR count). The van der Waals surface area contributed by atoms with E-state index >= 15 is 0 Å². The molecule has 0 amide bonds. The smallest absolute Gasteiger partial charge is 0.197 e. The lowest BCUT2D eigenvalue weighted by molar-refractivity contribution is 1.23. The van der Waals surface area contributed by atoms with Gasteiger partial charge in [-0.05, 0) is 15.9 Å². The summed E-state index contributed by atoms with van der Waals surface area (Å²) in [6, 6.07) is 3.06. The van der Waals surface area contributed by atoms with Gasteiger partial charge in [-0.15, -0.1) is 0 Å². The minimum Gasteiger partial charge on any atom is -0.352 e. The maximum Gasteiger partial charge on any atom is 0.197 e. The Morgan fingerprint density at radius 2 is 2.40 bits per heavy atom. The number of nitrogens with zero attached hydrogens (tertiary/aromatic N) is 1. The fourth-order valence-corrected chi connectivity index (χ4v) is 0.747. The van der Waals surface area contributed by atoms with E-state index in [-0.39, 0.29) is 11.1 Å². The lowest BCUT2D eigenvalue weighted by Gasteiger charge is -1.87. The van der Waals surface area contributed by atoms with E-state index in [4.69, 9.17) is 5.26 Å². The number of hydrogen-bond donors (Lipinski definition) is 1. The van der Waals surface area contributed by atoms with Gasteiger partial charge < -0.3 is 4.98 Å². The highest BCUT2D eigenvalue weighted by Gasteiger charge is 1.94. The number of nitrogens with one attached hydrogen (secondary N) is 1. The van der Waals surface area contributed by atoms with Crippen molar-refractivity contribution in [3.8, 4) is 6.07 Å². The average Bonchev–Trinajstić information content (AvgIpc) is 1.95. The van der Waals surface area contributed by atoms with Crippen LogP contribution in [0.5, 0.6) is 0 Å². The topological polar surface area (TPSA) is 56.6 Å². The van der Waals surface area contributed by atoms with E-state index in [2.05, 4.69) is 20.9 Å². The first kappa shape index (κ1) is 7.03.